The fourth-order valence-electron chi connectivity index (χ4n) is 2.38. The van der Waals surface area contributed by atoms with Crippen molar-refractivity contribution in [1.82, 2.24) is 0 Å². The topological polar surface area (TPSA) is 66.5 Å². The molecule has 0 aliphatic heterocycles. The molecule has 0 bridgehead atoms. The van der Waals surface area contributed by atoms with Crippen molar-refractivity contribution in [2.24, 2.45) is 5.73 Å². The van der Waals surface area contributed by atoms with E-state index in [0.717, 1.165) is 0 Å². The first-order valence-corrected chi connectivity index (χ1v) is 7.45. The molecule has 7 heteroatoms. The van der Waals surface area contributed by atoms with E-state index in [2.05, 4.69) is 0 Å². The summed E-state index contributed by atoms with van der Waals surface area (Å²) in [6, 6.07) is 1.28. The summed E-state index contributed by atoms with van der Waals surface area (Å²) in [7, 11) is 0. The SMILES string of the molecule is CC(C)(C)c1cc([C@H](N)[C@H](O)C(F)(F)F)cc(C(C)(C)C)c1O.Cl. The van der Waals surface area contributed by atoms with Crippen LogP contribution in [0.4, 0.5) is 13.2 Å². The lowest BCUT2D eigenvalue weighted by Crippen LogP contribution is -2.39. The molecule has 0 saturated carbocycles. The van der Waals surface area contributed by atoms with Gasteiger partial charge in [-0.3, -0.25) is 0 Å². The number of alkyl halides is 3. The smallest absolute Gasteiger partial charge is 0.416 e. The molecule has 0 aromatic heterocycles. The molecular weight excluding hydrogens is 343 g/mol. The van der Waals surface area contributed by atoms with Crippen LogP contribution in [0.2, 0.25) is 0 Å². The van der Waals surface area contributed by atoms with Gasteiger partial charge in [0.25, 0.3) is 0 Å². The Hall–Kier alpha value is -0.980. The second kappa shape index (κ2) is 7.10. The number of aromatic hydroxyl groups is 1. The summed E-state index contributed by atoms with van der Waals surface area (Å²) in [5.41, 5.74) is 5.85. The minimum atomic E-state index is -4.80. The number of benzene rings is 1. The maximum atomic E-state index is 12.8. The third kappa shape index (κ3) is 5.01. The molecule has 3 nitrogen and oxygen atoms in total. The number of aliphatic hydroxyl groups is 1. The Morgan fingerprint density at radius 3 is 1.50 bits per heavy atom. The van der Waals surface area contributed by atoms with Crippen LogP contribution < -0.4 is 5.73 Å². The molecule has 0 radical (unpaired) electrons. The highest BCUT2D eigenvalue weighted by molar-refractivity contribution is 5.85. The minimum absolute atomic E-state index is 0. The Labute approximate surface area is 147 Å². The van der Waals surface area contributed by atoms with Gasteiger partial charge in [-0.15, -0.1) is 12.4 Å². The van der Waals surface area contributed by atoms with Crippen LogP contribution in [-0.4, -0.2) is 22.5 Å². The van der Waals surface area contributed by atoms with Crippen molar-refractivity contribution >= 4 is 12.4 Å². The number of nitrogens with two attached hydrogens (primary N) is 1. The quantitative estimate of drug-likeness (QED) is 0.726. The average molecular weight is 370 g/mol. The molecule has 0 aliphatic carbocycles. The molecule has 1 rings (SSSR count). The lowest BCUT2D eigenvalue weighted by Gasteiger charge is -2.30. The van der Waals surface area contributed by atoms with E-state index < -0.39 is 29.2 Å². The summed E-state index contributed by atoms with van der Waals surface area (Å²) < 4.78 is 38.3. The number of phenolic OH excluding ortho intramolecular Hbond substituents is 1. The third-order valence-corrected chi connectivity index (χ3v) is 3.81. The van der Waals surface area contributed by atoms with E-state index in [-0.39, 0.29) is 23.7 Å². The van der Waals surface area contributed by atoms with Gasteiger partial charge in [0, 0.05) is 0 Å². The predicted octanol–water partition coefficient (Wildman–Crippen LogP) is 4.33. The molecule has 2 atom stereocenters. The Morgan fingerprint density at radius 1 is 0.917 bits per heavy atom. The Balaban J connectivity index is 0.00000529. The monoisotopic (exact) mass is 369 g/mol. The largest absolute Gasteiger partial charge is 0.507 e. The first-order chi connectivity index (χ1) is 10.1. The van der Waals surface area contributed by atoms with Gasteiger partial charge in [0.15, 0.2) is 6.10 Å². The highest BCUT2D eigenvalue weighted by Crippen LogP contribution is 2.41. The number of halogens is 4. The Morgan fingerprint density at radius 2 is 1.25 bits per heavy atom. The number of hydrogen-bond acceptors (Lipinski definition) is 3. The van der Waals surface area contributed by atoms with Gasteiger partial charge in [-0.1, -0.05) is 41.5 Å². The van der Waals surface area contributed by atoms with Crippen LogP contribution in [0.1, 0.15) is 64.3 Å². The average Bonchev–Trinajstić information content (AvgIpc) is 2.33. The van der Waals surface area contributed by atoms with Gasteiger partial charge in [0.05, 0.1) is 6.04 Å². The molecule has 0 saturated heterocycles. The Kier molecular flexibility index (Phi) is 6.81. The van der Waals surface area contributed by atoms with E-state index >= 15 is 0 Å². The van der Waals surface area contributed by atoms with Crippen LogP contribution in [-0.2, 0) is 10.8 Å². The lowest BCUT2D eigenvalue weighted by atomic mass is 9.77. The van der Waals surface area contributed by atoms with Gasteiger partial charge in [-0.25, -0.2) is 0 Å². The summed E-state index contributed by atoms with van der Waals surface area (Å²) in [6.45, 7) is 11.1. The number of hydrogen-bond donors (Lipinski definition) is 3. The van der Waals surface area contributed by atoms with Gasteiger partial charge in [-0.05, 0) is 39.7 Å². The summed E-state index contributed by atoms with van der Waals surface area (Å²) in [6.07, 6.45) is -7.46. The summed E-state index contributed by atoms with van der Waals surface area (Å²) in [5, 5.41) is 20.0. The van der Waals surface area contributed by atoms with Gasteiger partial charge in [0.1, 0.15) is 5.75 Å². The minimum Gasteiger partial charge on any atom is -0.507 e. The van der Waals surface area contributed by atoms with Gasteiger partial charge >= 0.3 is 6.18 Å². The van der Waals surface area contributed by atoms with Crippen LogP contribution in [0.5, 0.6) is 5.75 Å². The molecule has 0 heterocycles. The molecule has 0 spiro atoms. The fraction of sp³-hybridized carbons (Fsp3) is 0.647. The first-order valence-electron chi connectivity index (χ1n) is 7.45. The maximum absolute atomic E-state index is 12.8. The van der Waals surface area contributed by atoms with Crippen molar-refractivity contribution in [3.63, 3.8) is 0 Å². The van der Waals surface area contributed by atoms with Crippen LogP contribution in [0.25, 0.3) is 0 Å². The van der Waals surface area contributed by atoms with Crippen molar-refractivity contribution in [1.29, 1.82) is 0 Å². The second-order valence-corrected chi connectivity index (χ2v) is 7.98. The van der Waals surface area contributed by atoms with E-state index in [1.807, 2.05) is 41.5 Å². The first kappa shape index (κ1) is 23.0. The molecule has 4 N–H and O–H groups in total. The van der Waals surface area contributed by atoms with Crippen LogP contribution in [0.3, 0.4) is 0 Å². The molecule has 0 fully saturated rings. The number of rotatable bonds is 2. The molecule has 0 unspecified atom stereocenters. The van der Waals surface area contributed by atoms with Gasteiger partial charge < -0.3 is 15.9 Å². The Bertz CT molecular complexity index is 540. The van der Waals surface area contributed by atoms with E-state index in [9.17, 15) is 23.4 Å². The lowest BCUT2D eigenvalue weighted by molar-refractivity contribution is -0.210. The van der Waals surface area contributed by atoms with Crippen molar-refractivity contribution in [3.05, 3.63) is 28.8 Å². The molecular formula is C17H27ClF3NO2. The van der Waals surface area contributed by atoms with Gasteiger partial charge in [0.2, 0.25) is 0 Å². The van der Waals surface area contributed by atoms with Crippen molar-refractivity contribution in [2.75, 3.05) is 0 Å². The molecule has 0 amide bonds. The van der Waals surface area contributed by atoms with Crippen LogP contribution in [0, 0.1) is 0 Å². The molecule has 140 valence electrons. The highest BCUT2D eigenvalue weighted by atomic mass is 35.5. The van der Waals surface area contributed by atoms with E-state index in [4.69, 9.17) is 5.73 Å². The van der Waals surface area contributed by atoms with Crippen molar-refractivity contribution in [3.8, 4) is 5.75 Å². The van der Waals surface area contributed by atoms with E-state index in [0.29, 0.717) is 11.1 Å². The predicted molar refractivity (Wildman–Crippen MR) is 91.7 cm³/mol. The zero-order chi connectivity index (χ0) is 18.4. The van der Waals surface area contributed by atoms with Crippen LogP contribution >= 0.6 is 12.4 Å². The van der Waals surface area contributed by atoms with E-state index in [1.54, 1.807) is 0 Å². The molecule has 1 aromatic carbocycles. The number of aliphatic hydroxyl groups excluding tert-OH is 1. The second-order valence-electron chi connectivity index (χ2n) is 7.98. The standard InChI is InChI=1S/C17H26F3NO2.ClH/c1-15(2,3)10-7-9(12(21)14(23)17(18,19)20)8-11(13(10)22)16(4,5)6;/h7-8,12,14,22-23H,21H2,1-6H3;1H/t12-,14-;/m0./s1. The molecule has 1 aromatic rings. The van der Waals surface area contributed by atoms with Crippen LogP contribution in [0.15, 0.2) is 12.1 Å². The number of phenols is 1. The summed E-state index contributed by atoms with van der Waals surface area (Å²) >= 11 is 0. The maximum Gasteiger partial charge on any atom is 0.416 e. The van der Waals surface area contributed by atoms with Gasteiger partial charge in [-0.2, -0.15) is 13.2 Å². The van der Waals surface area contributed by atoms with Crippen molar-refractivity contribution < 1.29 is 23.4 Å². The third-order valence-electron chi connectivity index (χ3n) is 3.81. The fourth-order valence-corrected chi connectivity index (χ4v) is 2.38. The zero-order valence-corrected chi connectivity index (χ0v) is 15.6. The summed E-state index contributed by atoms with van der Waals surface area (Å²) in [4.78, 5) is 0. The summed E-state index contributed by atoms with van der Waals surface area (Å²) in [5.74, 6) is 0.0578. The molecule has 0 aliphatic rings. The van der Waals surface area contributed by atoms with Crippen molar-refractivity contribution in [2.45, 2.75) is 70.7 Å². The normalized spacial score (nSPS) is 15.6. The van der Waals surface area contributed by atoms with E-state index in [1.165, 1.54) is 12.1 Å². The molecule has 24 heavy (non-hydrogen) atoms. The highest BCUT2D eigenvalue weighted by Gasteiger charge is 2.43. The zero-order valence-electron chi connectivity index (χ0n) is 14.8.